The van der Waals surface area contributed by atoms with Gasteiger partial charge in [-0.1, -0.05) is 6.92 Å². The van der Waals surface area contributed by atoms with Crippen molar-refractivity contribution < 1.29 is 9.18 Å². The van der Waals surface area contributed by atoms with Gasteiger partial charge in [-0.25, -0.2) is 9.37 Å². The topological polar surface area (TPSA) is 52.0 Å². The Morgan fingerprint density at radius 2 is 2.12 bits per heavy atom. The predicted octanol–water partition coefficient (Wildman–Crippen LogP) is 3.60. The molecule has 3 aromatic rings. The minimum absolute atomic E-state index is 0.0889. The van der Waals surface area contributed by atoms with Crippen molar-refractivity contribution in [2.45, 2.75) is 32.7 Å². The highest BCUT2D eigenvalue weighted by molar-refractivity contribution is 7.18. The van der Waals surface area contributed by atoms with Crippen molar-refractivity contribution in [1.82, 2.24) is 9.55 Å². The zero-order valence-electron chi connectivity index (χ0n) is 13.8. The second-order valence-electron chi connectivity index (χ2n) is 6.64. The van der Waals surface area contributed by atoms with Crippen molar-refractivity contribution in [2.75, 3.05) is 0 Å². The quantitative estimate of drug-likeness (QED) is 0.674. The first-order valence-electron chi connectivity index (χ1n) is 8.31. The largest absolute Gasteiger partial charge is 0.292 e. The van der Waals surface area contributed by atoms with Crippen LogP contribution in [0.5, 0.6) is 0 Å². The molecule has 0 aliphatic heterocycles. The summed E-state index contributed by atoms with van der Waals surface area (Å²) in [5.74, 6) is -0.000237. The predicted molar refractivity (Wildman–Crippen MR) is 95.8 cm³/mol. The van der Waals surface area contributed by atoms with Gasteiger partial charge < -0.3 is 0 Å². The van der Waals surface area contributed by atoms with Gasteiger partial charge in [0.25, 0.3) is 5.56 Å². The molecule has 4 nitrogen and oxygen atoms in total. The Kier molecular flexibility index (Phi) is 4.00. The van der Waals surface area contributed by atoms with Crippen LogP contribution in [0.2, 0.25) is 0 Å². The number of carbonyl (C=O) groups is 1. The smallest absolute Gasteiger partial charge is 0.262 e. The SMILES string of the molecule is C[C@H]1CCc2c(sc3ncn(CC(=O)c4ccc(F)cc4)c(=O)c23)C1. The monoisotopic (exact) mass is 356 g/mol. The number of hydrogen-bond donors (Lipinski definition) is 0. The van der Waals surface area contributed by atoms with Crippen LogP contribution in [-0.4, -0.2) is 15.3 Å². The van der Waals surface area contributed by atoms with Gasteiger partial charge in [0.05, 0.1) is 18.3 Å². The number of Topliss-reactive ketones (excluding diaryl/α,β-unsaturated/α-hetero) is 1. The summed E-state index contributed by atoms with van der Waals surface area (Å²) in [6.45, 7) is 2.13. The Morgan fingerprint density at radius 1 is 1.36 bits per heavy atom. The number of hydrogen-bond acceptors (Lipinski definition) is 4. The molecule has 0 bridgehead atoms. The molecule has 0 fully saturated rings. The van der Waals surface area contributed by atoms with E-state index in [9.17, 15) is 14.0 Å². The zero-order valence-corrected chi connectivity index (χ0v) is 14.6. The van der Waals surface area contributed by atoms with E-state index in [-0.39, 0.29) is 17.9 Å². The highest BCUT2D eigenvalue weighted by atomic mass is 32.1. The number of rotatable bonds is 3. The van der Waals surface area contributed by atoms with E-state index in [1.807, 2.05) is 0 Å². The van der Waals surface area contributed by atoms with Crippen molar-refractivity contribution in [3.05, 3.63) is 62.8 Å². The second-order valence-corrected chi connectivity index (χ2v) is 7.72. The van der Waals surface area contributed by atoms with Gasteiger partial charge in [0.2, 0.25) is 0 Å². The summed E-state index contributed by atoms with van der Waals surface area (Å²) in [7, 11) is 0. The van der Waals surface area contributed by atoms with Crippen LogP contribution >= 0.6 is 11.3 Å². The molecule has 2 heterocycles. The van der Waals surface area contributed by atoms with E-state index in [2.05, 4.69) is 11.9 Å². The van der Waals surface area contributed by atoms with Crippen LogP contribution in [-0.2, 0) is 19.4 Å². The van der Waals surface area contributed by atoms with Crippen LogP contribution in [0.1, 0.15) is 34.1 Å². The molecule has 0 saturated heterocycles. The maximum atomic E-state index is 13.0. The van der Waals surface area contributed by atoms with Gasteiger partial charge in [0.15, 0.2) is 5.78 Å². The third kappa shape index (κ3) is 2.91. The molecular formula is C19H17FN2O2S. The summed E-state index contributed by atoms with van der Waals surface area (Å²) in [5.41, 5.74) is 1.33. The molecule has 0 N–H and O–H groups in total. The van der Waals surface area contributed by atoms with E-state index in [1.165, 1.54) is 40.0 Å². The summed E-state index contributed by atoms with van der Waals surface area (Å²) in [5, 5.41) is 0.668. The van der Waals surface area contributed by atoms with Crippen LogP contribution in [0.15, 0.2) is 35.4 Å². The van der Waals surface area contributed by atoms with Gasteiger partial charge in [-0.15, -0.1) is 11.3 Å². The minimum atomic E-state index is -0.393. The number of aryl methyl sites for hydroxylation is 1. The number of halogens is 1. The van der Waals surface area contributed by atoms with Crippen molar-refractivity contribution in [3.8, 4) is 0 Å². The number of aromatic nitrogens is 2. The first kappa shape index (κ1) is 16.1. The first-order chi connectivity index (χ1) is 12.0. The molecule has 0 unspecified atom stereocenters. The summed E-state index contributed by atoms with van der Waals surface area (Å²) in [6, 6.07) is 5.35. The van der Waals surface area contributed by atoms with Crippen molar-refractivity contribution in [2.24, 2.45) is 5.92 Å². The Hall–Kier alpha value is -2.34. The van der Waals surface area contributed by atoms with E-state index in [1.54, 1.807) is 11.3 Å². The van der Waals surface area contributed by atoms with Gasteiger partial charge in [0.1, 0.15) is 10.6 Å². The highest BCUT2D eigenvalue weighted by Gasteiger charge is 2.23. The Balaban J connectivity index is 1.71. The van der Waals surface area contributed by atoms with E-state index < -0.39 is 5.82 Å². The van der Waals surface area contributed by atoms with Gasteiger partial charge in [0, 0.05) is 10.4 Å². The highest BCUT2D eigenvalue weighted by Crippen LogP contribution is 2.35. The summed E-state index contributed by atoms with van der Waals surface area (Å²) in [4.78, 5) is 31.7. The molecule has 0 amide bonds. The Morgan fingerprint density at radius 3 is 2.88 bits per heavy atom. The fourth-order valence-corrected chi connectivity index (χ4v) is 4.70. The molecule has 1 atom stereocenters. The van der Waals surface area contributed by atoms with Gasteiger partial charge >= 0.3 is 0 Å². The third-order valence-electron chi connectivity index (χ3n) is 4.76. The molecule has 1 aliphatic carbocycles. The fourth-order valence-electron chi connectivity index (χ4n) is 3.36. The number of nitrogens with zero attached hydrogens (tertiary/aromatic N) is 2. The molecule has 1 aromatic carbocycles. The minimum Gasteiger partial charge on any atom is -0.292 e. The fraction of sp³-hybridized carbons (Fsp3) is 0.316. The number of thiophene rings is 1. The average Bonchev–Trinajstić information content (AvgIpc) is 2.96. The molecule has 1 aliphatic rings. The molecule has 0 saturated carbocycles. The van der Waals surface area contributed by atoms with Crippen LogP contribution in [0, 0.1) is 11.7 Å². The second kappa shape index (κ2) is 6.19. The van der Waals surface area contributed by atoms with E-state index >= 15 is 0 Å². The van der Waals surface area contributed by atoms with Crippen molar-refractivity contribution in [1.29, 1.82) is 0 Å². The lowest BCUT2D eigenvalue weighted by Crippen LogP contribution is -2.25. The van der Waals surface area contributed by atoms with E-state index in [0.29, 0.717) is 16.9 Å². The van der Waals surface area contributed by atoms with Gasteiger partial charge in [-0.3, -0.25) is 14.2 Å². The lowest BCUT2D eigenvalue weighted by molar-refractivity contribution is 0.0970. The molecular weight excluding hydrogens is 339 g/mol. The molecule has 2 aromatic heterocycles. The van der Waals surface area contributed by atoms with Crippen LogP contribution in [0.4, 0.5) is 4.39 Å². The van der Waals surface area contributed by atoms with Gasteiger partial charge in [-0.2, -0.15) is 0 Å². The summed E-state index contributed by atoms with van der Waals surface area (Å²) < 4.78 is 14.4. The lowest BCUT2D eigenvalue weighted by Gasteiger charge is -2.17. The zero-order chi connectivity index (χ0) is 17.6. The van der Waals surface area contributed by atoms with E-state index in [4.69, 9.17) is 0 Å². The normalized spacial score (nSPS) is 16.8. The first-order valence-corrected chi connectivity index (χ1v) is 9.13. The van der Waals surface area contributed by atoms with Crippen molar-refractivity contribution in [3.63, 3.8) is 0 Å². The number of benzene rings is 1. The number of carbonyl (C=O) groups excluding carboxylic acids is 1. The number of ketones is 1. The Bertz CT molecular complexity index is 1020. The molecule has 4 rings (SSSR count). The standard InChI is InChI=1S/C19H17FN2O2S/c1-11-2-7-14-16(8-11)25-18-17(14)19(24)22(10-21-18)9-15(23)12-3-5-13(20)6-4-12/h3-6,10-11H,2,7-9H2,1H3/t11-/m0/s1. The maximum absolute atomic E-state index is 13.0. The summed E-state index contributed by atoms with van der Waals surface area (Å²) in [6.07, 6.45) is 4.40. The van der Waals surface area contributed by atoms with Crippen molar-refractivity contribution >= 4 is 27.3 Å². The molecule has 0 radical (unpaired) electrons. The summed E-state index contributed by atoms with van der Waals surface area (Å²) >= 11 is 1.59. The van der Waals surface area contributed by atoms with Crippen LogP contribution < -0.4 is 5.56 Å². The van der Waals surface area contributed by atoms with E-state index in [0.717, 1.165) is 29.7 Å². The molecule has 128 valence electrons. The molecule has 0 spiro atoms. The average molecular weight is 356 g/mol. The Labute approximate surface area is 147 Å². The van der Waals surface area contributed by atoms with Gasteiger partial charge in [-0.05, 0) is 55.0 Å². The molecule has 6 heteroatoms. The third-order valence-corrected chi connectivity index (χ3v) is 5.92. The van der Waals surface area contributed by atoms with Crippen LogP contribution in [0.25, 0.3) is 10.2 Å². The maximum Gasteiger partial charge on any atom is 0.262 e. The molecule has 25 heavy (non-hydrogen) atoms. The van der Waals surface area contributed by atoms with Crippen LogP contribution in [0.3, 0.4) is 0 Å². The lowest BCUT2D eigenvalue weighted by atomic mass is 9.89. The number of fused-ring (bicyclic) bond motifs is 3.